The number of ether oxygens (including phenoxy) is 3. The summed E-state index contributed by atoms with van der Waals surface area (Å²) in [6, 6.07) is 6.20. The van der Waals surface area contributed by atoms with Crippen LogP contribution in [0.1, 0.15) is 37.3 Å². The number of rotatable bonds is 10. The number of aryl methyl sites for hydroxylation is 1. The molecule has 0 amide bonds. The van der Waals surface area contributed by atoms with E-state index in [1.807, 2.05) is 13.0 Å². The van der Waals surface area contributed by atoms with Crippen LogP contribution in [0.2, 0.25) is 0 Å². The van der Waals surface area contributed by atoms with E-state index in [1.54, 1.807) is 7.11 Å². The Bertz CT molecular complexity index is 557. The fourth-order valence-electron chi connectivity index (χ4n) is 2.85. The fourth-order valence-corrected chi connectivity index (χ4v) is 2.85. The minimum Gasteiger partial charge on any atom is -0.496 e. The molecule has 1 aromatic rings. The van der Waals surface area contributed by atoms with Crippen LogP contribution in [-0.2, 0) is 16.0 Å². The molecule has 1 aliphatic rings. The van der Waals surface area contributed by atoms with Gasteiger partial charge in [0.25, 0.3) is 0 Å². The monoisotopic (exact) mass is 363 g/mol. The summed E-state index contributed by atoms with van der Waals surface area (Å²) in [6.07, 6.45) is 3.52. The van der Waals surface area contributed by atoms with Gasteiger partial charge in [-0.1, -0.05) is 12.1 Å². The minimum atomic E-state index is 0.299. The quantitative estimate of drug-likeness (QED) is 0.380. The number of nitrogens with one attached hydrogen (secondary N) is 2. The van der Waals surface area contributed by atoms with E-state index in [9.17, 15) is 0 Å². The summed E-state index contributed by atoms with van der Waals surface area (Å²) >= 11 is 0. The summed E-state index contributed by atoms with van der Waals surface area (Å²) in [5.41, 5.74) is 2.26. The Morgan fingerprint density at radius 1 is 1.35 bits per heavy atom. The molecule has 0 spiro atoms. The number of benzene rings is 1. The molecule has 1 fully saturated rings. The zero-order valence-electron chi connectivity index (χ0n) is 16.3. The lowest BCUT2D eigenvalue weighted by atomic mass is 10.1. The van der Waals surface area contributed by atoms with Gasteiger partial charge >= 0.3 is 0 Å². The maximum Gasteiger partial charge on any atom is 0.191 e. The first kappa shape index (κ1) is 20.5. The highest BCUT2D eigenvalue weighted by Gasteiger charge is 2.14. The van der Waals surface area contributed by atoms with Crippen molar-refractivity contribution in [2.24, 2.45) is 4.99 Å². The van der Waals surface area contributed by atoms with Gasteiger partial charge in [-0.2, -0.15) is 0 Å². The van der Waals surface area contributed by atoms with Gasteiger partial charge in [0.05, 0.1) is 26.4 Å². The number of methoxy groups -OCH3 is 1. The smallest absolute Gasteiger partial charge is 0.191 e. The molecule has 0 bridgehead atoms. The molecule has 1 saturated heterocycles. The van der Waals surface area contributed by atoms with Crippen LogP contribution in [0.5, 0.6) is 5.75 Å². The van der Waals surface area contributed by atoms with E-state index in [1.165, 1.54) is 0 Å². The Kier molecular flexibility index (Phi) is 9.28. The van der Waals surface area contributed by atoms with Crippen LogP contribution in [0.15, 0.2) is 23.2 Å². The van der Waals surface area contributed by atoms with Gasteiger partial charge < -0.3 is 24.8 Å². The third-order valence-electron chi connectivity index (χ3n) is 4.32. The van der Waals surface area contributed by atoms with Crippen molar-refractivity contribution in [3.8, 4) is 5.75 Å². The van der Waals surface area contributed by atoms with E-state index in [2.05, 4.69) is 34.7 Å². The first-order chi connectivity index (χ1) is 12.7. The molecule has 2 N–H and O–H groups in total. The molecular formula is C20H33N3O3. The van der Waals surface area contributed by atoms with Gasteiger partial charge in [0.1, 0.15) is 5.75 Å². The molecule has 26 heavy (non-hydrogen) atoms. The summed E-state index contributed by atoms with van der Waals surface area (Å²) in [4.78, 5) is 4.65. The molecule has 1 aliphatic heterocycles. The van der Waals surface area contributed by atoms with Crippen LogP contribution in [0.25, 0.3) is 0 Å². The third-order valence-corrected chi connectivity index (χ3v) is 4.32. The van der Waals surface area contributed by atoms with Crippen LogP contribution in [0.4, 0.5) is 0 Å². The number of hydrogen-bond donors (Lipinski definition) is 2. The zero-order valence-corrected chi connectivity index (χ0v) is 16.3. The largest absolute Gasteiger partial charge is 0.496 e. The molecule has 0 saturated carbocycles. The molecular weight excluding hydrogens is 330 g/mol. The predicted octanol–water partition coefficient (Wildman–Crippen LogP) is 2.64. The van der Waals surface area contributed by atoms with E-state index < -0.39 is 0 Å². The Labute approximate surface area is 157 Å². The van der Waals surface area contributed by atoms with Crippen LogP contribution in [0, 0.1) is 6.92 Å². The summed E-state index contributed by atoms with van der Waals surface area (Å²) in [6.45, 7) is 8.71. The van der Waals surface area contributed by atoms with Crippen molar-refractivity contribution in [1.29, 1.82) is 0 Å². The molecule has 1 aromatic carbocycles. The normalized spacial score (nSPS) is 17.3. The number of hydrogen-bond acceptors (Lipinski definition) is 4. The molecule has 1 heterocycles. The van der Waals surface area contributed by atoms with Gasteiger partial charge in [0.2, 0.25) is 0 Å². The molecule has 0 radical (unpaired) electrons. The second-order valence-corrected chi connectivity index (χ2v) is 6.49. The molecule has 2 rings (SSSR count). The minimum absolute atomic E-state index is 0.299. The molecule has 0 aromatic heterocycles. The van der Waals surface area contributed by atoms with Crippen molar-refractivity contribution >= 4 is 5.96 Å². The van der Waals surface area contributed by atoms with Crippen LogP contribution in [-0.4, -0.2) is 52.1 Å². The first-order valence-corrected chi connectivity index (χ1v) is 9.58. The highest BCUT2D eigenvalue weighted by molar-refractivity contribution is 5.79. The maximum absolute atomic E-state index is 5.69. The van der Waals surface area contributed by atoms with Crippen molar-refractivity contribution in [2.45, 2.75) is 45.8 Å². The van der Waals surface area contributed by atoms with E-state index in [4.69, 9.17) is 14.2 Å². The third kappa shape index (κ3) is 7.22. The summed E-state index contributed by atoms with van der Waals surface area (Å²) < 4.78 is 16.6. The summed E-state index contributed by atoms with van der Waals surface area (Å²) in [7, 11) is 1.70. The topological polar surface area (TPSA) is 64.1 Å². The highest BCUT2D eigenvalue weighted by atomic mass is 16.5. The Morgan fingerprint density at radius 2 is 2.23 bits per heavy atom. The average Bonchev–Trinajstić information content (AvgIpc) is 3.17. The Balaban J connectivity index is 1.70. The van der Waals surface area contributed by atoms with Crippen LogP contribution in [0.3, 0.4) is 0 Å². The van der Waals surface area contributed by atoms with E-state index in [0.717, 1.165) is 68.4 Å². The van der Waals surface area contributed by atoms with Crippen molar-refractivity contribution < 1.29 is 14.2 Å². The number of nitrogens with zero attached hydrogens (tertiary/aromatic N) is 1. The maximum atomic E-state index is 5.69. The van der Waals surface area contributed by atoms with E-state index >= 15 is 0 Å². The van der Waals surface area contributed by atoms with Gasteiger partial charge in [0, 0.05) is 26.3 Å². The Hall–Kier alpha value is -1.79. The molecule has 1 unspecified atom stereocenters. The lowest BCUT2D eigenvalue weighted by Crippen LogP contribution is -2.38. The molecule has 1 atom stereocenters. The average molecular weight is 364 g/mol. The number of guanidine groups is 1. The molecule has 0 aliphatic carbocycles. The zero-order chi connectivity index (χ0) is 18.6. The molecule has 6 heteroatoms. The van der Waals surface area contributed by atoms with Crippen molar-refractivity contribution in [3.63, 3.8) is 0 Å². The van der Waals surface area contributed by atoms with Crippen molar-refractivity contribution in [3.05, 3.63) is 29.3 Å². The highest BCUT2D eigenvalue weighted by Crippen LogP contribution is 2.19. The predicted molar refractivity (Wildman–Crippen MR) is 105 cm³/mol. The van der Waals surface area contributed by atoms with E-state index in [-0.39, 0.29) is 0 Å². The van der Waals surface area contributed by atoms with Crippen molar-refractivity contribution in [2.75, 3.05) is 40.0 Å². The fraction of sp³-hybridized carbons (Fsp3) is 0.650. The number of aliphatic imine (C=N–C) groups is 1. The van der Waals surface area contributed by atoms with Crippen molar-refractivity contribution in [1.82, 2.24) is 10.6 Å². The molecule has 146 valence electrons. The first-order valence-electron chi connectivity index (χ1n) is 9.58. The summed E-state index contributed by atoms with van der Waals surface area (Å²) in [5.74, 6) is 1.73. The van der Waals surface area contributed by atoms with Gasteiger partial charge in [-0.05, 0) is 50.3 Å². The Morgan fingerprint density at radius 3 is 2.96 bits per heavy atom. The molecule has 6 nitrogen and oxygen atoms in total. The lowest BCUT2D eigenvalue weighted by Gasteiger charge is -2.13. The van der Waals surface area contributed by atoms with Gasteiger partial charge in [0.15, 0.2) is 5.96 Å². The lowest BCUT2D eigenvalue weighted by molar-refractivity contribution is 0.0168. The summed E-state index contributed by atoms with van der Waals surface area (Å²) in [5, 5.41) is 6.63. The van der Waals surface area contributed by atoms with Crippen LogP contribution < -0.4 is 15.4 Å². The second kappa shape index (κ2) is 11.8. The SMILES string of the molecule is CCNC(=NCc1ccc(C)c(OC)c1)NCCCOCC1CCCO1. The van der Waals surface area contributed by atoms with Gasteiger partial charge in [-0.3, -0.25) is 0 Å². The standard InChI is InChI=1S/C20H33N3O3/c1-4-21-20(22-10-6-11-25-15-18-7-5-12-26-18)23-14-17-9-8-16(2)19(13-17)24-3/h8-9,13,18H,4-7,10-12,14-15H2,1-3H3,(H2,21,22,23). The van der Waals surface area contributed by atoms with E-state index in [0.29, 0.717) is 19.3 Å². The second-order valence-electron chi connectivity index (χ2n) is 6.49. The van der Waals surface area contributed by atoms with Gasteiger partial charge in [-0.15, -0.1) is 0 Å². The van der Waals surface area contributed by atoms with Gasteiger partial charge in [-0.25, -0.2) is 4.99 Å². The van der Waals surface area contributed by atoms with Crippen LogP contribution >= 0.6 is 0 Å².